The Morgan fingerprint density at radius 1 is 1.19 bits per heavy atom. The van der Waals surface area contributed by atoms with E-state index < -0.39 is 24.6 Å². The molecule has 1 aliphatic heterocycles. The van der Waals surface area contributed by atoms with Gasteiger partial charge >= 0.3 is 0 Å². The topological polar surface area (TPSA) is 99.4 Å². The van der Waals surface area contributed by atoms with Gasteiger partial charge in [0.1, 0.15) is 18.3 Å². The summed E-state index contributed by atoms with van der Waals surface area (Å²) >= 11 is 0. The lowest BCUT2D eigenvalue weighted by Gasteiger charge is -2.37. The molecule has 1 aromatic carbocycles. The van der Waals surface area contributed by atoms with Crippen LogP contribution in [-0.2, 0) is 4.74 Å². The molecule has 0 unspecified atom stereocenters. The van der Waals surface area contributed by atoms with Crippen molar-refractivity contribution in [3.8, 4) is 11.5 Å². The Bertz CT molecular complexity index is 841. The van der Waals surface area contributed by atoms with Crippen molar-refractivity contribution in [1.82, 2.24) is 0 Å². The van der Waals surface area contributed by atoms with Gasteiger partial charge in [-0.05, 0) is 62.5 Å². The van der Waals surface area contributed by atoms with E-state index in [1.165, 1.54) is 5.57 Å². The van der Waals surface area contributed by atoms with Crippen molar-refractivity contribution >= 4 is 0 Å². The van der Waals surface area contributed by atoms with Crippen LogP contribution in [0.1, 0.15) is 69.1 Å². The molecule has 0 aromatic heterocycles. The summed E-state index contributed by atoms with van der Waals surface area (Å²) in [6.45, 7) is 10.2. The van der Waals surface area contributed by atoms with Gasteiger partial charge in [0, 0.05) is 5.56 Å². The number of phenolic OH excluding ortho intramolecular Hbond substituents is 1. The first-order valence-electron chi connectivity index (χ1n) is 11.1. The number of aryl methyl sites for hydroxylation is 1. The summed E-state index contributed by atoms with van der Waals surface area (Å²) in [5.74, 6) is 1.11. The number of rotatable bonds is 5. The lowest BCUT2D eigenvalue weighted by molar-refractivity contribution is -0.242. The number of phenols is 1. The summed E-state index contributed by atoms with van der Waals surface area (Å²) < 4.78 is 11.2. The fraction of sp³-hybridized carbons (Fsp3) is 0.600. The first-order chi connectivity index (χ1) is 14.6. The molecule has 0 amide bonds. The number of hydrogen-bond donors (Lipinski definition) is 4. The molecule has 0 bridgehead atoms. The van der Waals surface area contributed by atoms with Gasteiger partial charge in [0.25, 0.3) is 0 Å². The molecule has 31 heavy (non-hydrogen) atoms. The van der Waals surface area contributed by atoms with Crippen LogP contribution in [0.2, 0.25) is 0 Å². The number of aliphatic hydroxyl groups is 3. The summed E-state index contributed by atoms with van der Waals surface area (Å²) in [6.07, 6.45) is 3.31. The van der Waals surface area contributed by atoms with Crippen LogP contribution in [0.4, 0.5) is 0 Å². The van der Waals surface area contributed by atoms with Crippen molar-refractivity contribution < 1.29 is 29.9 Å². The van der Waals surface area contributed by atoms with Crippen LogP contribution in [0, 0.1) is 12.8 Å². The highest BCUT2D eigenvalue weighted by atomic mass is 16.7. The lowest BCUT2D eigenvalue weighted by atomic mass is 9.71. The third-order valence-corrected chi connectivity index (χ3v) is 6.48. The molecular formula is C25H36O6. The van der Waals surface area contributed by atoms with Crippen molar-refractivity contribution in [3.05, 3.63) is 46.6 Å². The molecule has 1 saturated heterocycles. The van der Waals surface area contributed by atoms with Crippen molar-refractivity contribution in [2.24, 2.45) is 5.92 Å². The standard InChI is InChI=1S/C25H36O6/c1-13(2)7-6-8-14(3)17-10-9-15(4)20-18(17)11-16(5)24(22(20)28)31-25-23(29)21(27)19(26)12-30-25/h6-8,11,14-15,17,19,21,23,25-29H,9-10,12H2,1-5H3/t14-,15-,17+,19+,21+,23-,25-/m0/s1. The molecule has 6 nitrogen and oxygen atoms in total. The first kappa shape index (κ1) is 23.8. The van der Waals surface area contributed by atoms with Crippen LogP contribution in [-0.4, -0.2) is 51.6 Å². The summed E-state index contributed by atoms with van der Waals surface area (Å²) in [7, 11) is 0. The minimum absolute atomic E-state index is 0.0732. The second-order valence-electron chi connectivity index (χ2n) is 9.32. The average Bonchev–Trinajstić information content (AvgIpc) is 2.70. The minimum Gasteiger partial charge on any atom is -0.504 e. The highest BCUT2D eigenvalue weighted by Crippen LogP contribution is 2.50. The van der Waals surface area contributed by atoms with Crippen molar-refractivity contribution in [2.45, 2.75) is 83.9 Å². The van der Waals surface area contributed by atoms with Gasteiger partial charge in [-0.3, -0.25) is 0 Å². The van der Waals surface area contributed by atoms with Gasteiger partial charge in [0.15, 0.2) is 11.5 Å². The van der Waals surface area contributed by atoms with E-state index in [0.29, 0.717) is 11.8 Å². The van der Waals surface area contributed by atoms with Crippen LogP contribution in [0.15, 0.2) is 29.9 Å². The van der Waals surface area contributed by atoms with Gasteiger partial charge in [-0.1, -0.05) is 43.7 Å². The maximum atomic E-state index is 11.2. The van der Waals surface area contributed by atoms with Crippen LogP contribution in [0.5, 0.6) is 11.5 Å². The number of fused-ring (bicyclic) bond motifs is 1. The number of aromatic hydroxyl groups is 1. The molecule has 1 fully saturated rings. The monoisotopic (exact) mass is 432 g/mol. The number of hydrogen-bond acceptors (Lipinski definition) is 6. The molecule has 7 atom stereocenters. The van der Waals surface area contributed by atoms with Crippen LogP contribution in [0.3, 0.4) is 0 Å². The van der Waals surface area contributed by atoms with E-state index in [-0.39, 0.29) is 24.0 Å². The van der Waals surface area contributed by atoms with Gasteiger partial charge in [0.2, 0.25) is 6.29 Å². The molecular weight excluding hydrogens is 396 g/mol. The van der Waals surface area contributed by atoms with E-state index in [1.807, 2.05) is 6.92 Å². The highest BCUT2D eigenvalue weighted by molar-refractivity contribution is 5.57. The summed E-state index contributed by atoms with van der Waals surface area (Å²) in [5, 5.41) is 41.0. The Morgan fingerprint density at radius 2 is 1.90 bits per heavy atom. The maximum Gasteiger partial charge on any atom is 0.229 e. The maximum absolute atomic E-state index is 11.2. The van der Waals surface area contributed by atoms with E-state index in [4.69, 9.17) is 9.47 Å². The zero-order valence-corrected chi connectivity index (χ0v) is 19.1. The van der Waals surface area contributed by atoms with Gasteiger partial charge in [-0.25, -0.2) is 0 Å². The molecule has 1 aromatic rings. The second kappa shape index (κ2) is 9.74. The number of benzene rings is 1. The molecule has 2 aliphatic rings. The predicted octanol–water partition coefficient (Wildman–Crippen LogP) is 3.66. The minimum atomic E-state index is -1.41. The highest BCUT2D eigenvalue weighted by Gasteiger charge is 2.40. The number of aliphatic hydroxyl groups excluding tert-OH is 3. The van der Waals surface area contributed by atoms with Gasteiger partial charge < -0.3 is 29.9 Å². The summed E-state index contributed by atoms with van der Waals surface area (Å²) in [5.41, 5.74) is 4.01. The van der Waals surface area contributed by atoms with E-state index in [0.717, 1.165) is 29.5 Å². The fourth-order valence-corrected chi connectivity index (χ4v) is 4.63. The zero-order chi connectivity index (χ0) is 22.9. The fourth-order valence-electron chi connectivity index (χ4n) is 4.63. The Hall–Kier alpha value is -1.86. The van der Waals surface area contributed by atoms with Crippen LogP contribution < -0.4 is 4.74 Å². The third kappa shape index (κ3) is 4.98. The molecule has 6 heteroatoms. The Balaban J connectivity index is 1.92. The lowest BCUT2D eigenvalue weighted by Crippen LogP contribution is -2.54. The van der Waals surface area contributed by atoms with Crippen molar-refractivity contribution in [1.29, 1.82) is 0 Å². The molecule has 0 radical (unpaired) electrons. The van der Waals surface area contributed by atoms with Crippen molar-refractivity contribution in [3.63, 3.8) is 0 Å². The first-order valence-corrected chi connectivity index (χ1v) is 11.1. The molecule has 0 spiro atoms. The van der Waals surface area contributed by atoms with Crippen LogP contribution in [0.25, 0.3) is 0 Å². The van der Waals surface area contributed by atoms with E-state index in [2.05, 4.69) is 52.0 Å². The van der Waals surface area contributed by atoms with E-state index in [9.17, 15) is 20.4 Å². The molecule has 1 aliphatic carbocycles. The van der Waals surface area contributed by atoms with E-state index >= 15 is 0 Å². The zero-order valence-electron chi connectivity index (χ0n) is 19.1. The predicted molar refractivity (Wildman–Crippen MR) is 119 cm³/mol. The molecule has 1 heterocycles. The molecule has 4 N–H and O–H groups in total. The smallest absolute Gasteiger partial charge is 0.229 e. The van der Waals surface area contributed by atoms with Gasteiger partial charge in [0.05, 0.1) is 6.61 Å². The van der Waals surface area contributed by atoms with E-state index in [1.54, 1.807) is 0 Å². The second-order valence-corrected chi connectivity index (χ2v) is 9.32. The summed E-state index contributed by atoms with van der Waals surface area (Å²) in [6, 6.07) is 2.07. The largest absolute Gasteiger partial charge is 0.504 e. The Kier molecular flexibility index (Phi) is 7.47. The van der Waals surface area contributed by atoms with Crippen LogP contribution >= 0.6 is 0 Å². The SMILES string of the molecule is CC(C)=CC=C[C@H](C)[C@H]1CC[C@H](C)c2c1cc(C)c(O[C@@H]1OC[C@@H](O)[C@@H](O)[C@@H]1O)c2O. The Labute approximate surface area is 184 Å². The molecule has 172 valence electrons. The normalized spacial score (nSPS) is 31.9. The molecule has 0 saturated carbocycles. The summed E-state index contributed by atoms with van der Waals surface area (Å²) in [4.78, 5) is 0. The number of allylic oxidation sites excluding steroid dienone is 4. The Morgan fingerprint density at radius 3 is 2.58 bits per heavy atom. The quantitative estimate of drug-likeness (QED) is 0.530. The van der Waals surface area contributed by atoms with Crippen molar-refractivity contribution in [2.75, 3.05) is 6.61 Å². The van der Waals surface area contributed by atoms with Gasteiger partial charge in [-0.2, -0.15) is 0 Å². The third-order valence-electron chi connectivity index (χ3n) is 6.48. The van der Waals surface area contributed by atoms with Gasteiger partial charge in [-0.15, -0.1) is 0 Å². The molecule has 3 rings (SSSR count). The average molecular weight is 433 g/mol. The number of ether oxygens (including phenoxy) is 2.